The lowest BCUT2D eigenvalue weighted by Crippen LogP contribution is -2.28. The first-order valence-corrected chi connectivity index (χ1v) is 8.00. The number of rotatable bonds is 5. The van der Waals surface area contributed by atoms with Crippen molar-refractivity contribution in [3.05, 3.63) is 71.4 Å². The summed E-state index contributed by atoms with van der Waals surface area (Å²) in [4.78, 5) is 26.4. The second kappa shape index (κ2) is 7.35. The van der Waals surface area contributed by atoms with Crippen LogP contribution in [0.15, 0.2) is 59.8 Å². The second-order valence-corrected chi connectivity index (χ2v) is 5.57. The van der Waals surface area contributed by atoms with E-state index in [4.69, 9.17) is 4.74 Å². The fourth-order valence-corrected chi connectivity index (χ4v) is 2.59. The third-order valence-corrected chi connectivity index (χ3v) is 3.85. The van der Waals surface area contributed by atoms with Crippen molar-refractivity contribution >= 4 is 23.3 Å². The number of benzene rings is 2. The highest BCUT2D eigenvalue weighted by molar-refractivity contribution is 6.16. The molecule has 0 aromatic heterocycles. The molecule has 0 bridgehead atoms. The van der Waals surface area contributed by atoms with Gasteiger partial charge in [0.1, 0.15) is 17.3 Å². The lowest BCUT2D eigenvalue weighted by atomic mass is 10.2. The number of esters is 1. The number of hydrogen-bond acceptors (Lipinski definition) is 4. The van der Waals surface area contributed by atoms with Crippen molar-refractivity contribution in [3.63, 3.8) is 0 Å². The van der Waals surface area contributed by atoms with E-state index in [0.717, 1.165) is 0 Å². The van der Waals surface area contributed by atoms with Crippen LogP contribution in [0.5, 0.6) is 0 Å². The number of ether oxygens (including phenoxy) is 1. The van der Waals surface area contributed by atoms with E-state index in [2.05, 4.69) is 5.32 Å². The van der Waals surface area contributed by atoms with Gasteiger partial charge < -0.3 is 15.0 Å². The van der Waals surface area contributed by atoms with Gasteiger partial charge in [0.2, 0.25) is 0 Å². The van der Waals surface area contributed by atoms with E-state index in [1.807, 2.05) is 0 Å². The van der Waals surface area contributed by atoms with Gasteiger partial charge in [0.05, 0.1) is 18.7 Å². The molecule has 2 aromatic carbocycles. The Balaban J connectivity index is 1.93. The molecule has 0 fully saturated rings. The number of nitrogens with one attached hydrogen (secondary N) is 1. The van der Waals surface area contributed by atoms with Crippen molar-refractivity contribution in [2.45, 2.75) is 6.92 Å². The Labute approximate surface area is 148 Å². The lowest BCUT2D eigenvalue weighted by molar-refractivity contribution is -0.138. The van der Waals surface area contributed by atoms with Crippen LogP contribution in [0.3, 0.4) is 0 Å². The molecule has 0 saturated heterocycles. The van der Waals surface area contributed by atoms with Crippen LogP contribution in [0.4, 0.5) is 20.2 Å². The number of halogens is 2. The van der Waals surface area contributed by atoms with Crippen molar-refractivity contribution in [1.29, 1.82) is 0 Å². The maximum absolute atomic E-state index is 13.1. The molecule has 7 heteroatoms. The molecule has 26 heavy (non-hydrogen) atoms. The first-order chi connectivity index (χ1) is 12.5. The molecule has 1 aliphatic rings. The highest BCUT2D eigenvalue weighted by Crippen LogP contribution is 2.28. The fourth-order valence-electron chi connectivity index (χ4n) is 2.59. The maximum Gasteiger partial charge on any atom is 0.338 e. The minimum absolute atomic E-state index is 0.00712. The number of carbonyl (C=O) groups is 2. The van der Waals surface area contributed by atoms with Gasteiger partial charge in [0.15, 0.2) is 0 Å². The van der Waals surface area contributed by atoms with E-state index in [-0.39, 0.29) is 24.4 Å². The molecule has 3 rings (SSSR count). The molecule has 0 radical (unpaired) electrons. The van der Waals surface area contributed by atoms with E-state index in [1.165, 1.54) is 53.4 Å². The highest BCUT2D eigenvalue weighted by Gasteiger charge is 2.35. The van der Waals surface area contributed by atoms with Gasteiger partial charge in [-0.3, -0.25) is 4.79 Å². The third kappa shape index (κ3) is 3.56. The topological polar surface area (TPSA) is 58.6 Å². The Morgan fingerprint density at radius 1 is 1.08 bits per heavy atom. The summed E-state index contributed by atoms with van der Waals surface area (Å²) < 4.78 is 31.2. The zero-order valence-electron chi connectivity index (χ0n) is 14.0. The number of nitrogens with zero attached hydrogens (tertiary/aromatic N) is 1. The Hall–Kier alpha value is -3.22. The number of anilines is 2. The van der Waals surface area contributed by atoms with Crippen molar-refractivity contribution in [1.82, 2.24) is 0 Å². The van der Waals surface area contributed by atoms with E-state index < -0.39 is 23.5 Å². The molecule has 0 atom stereocenters. The Kier molecular flexibility index (Phi) is 4.97. The standard InChI is InChI=1S/C19H16F2N2O3/c1-2-26-19(25)16-11-23(15-9-5-13(21)6-10-15)18(24)17(16)22-14-7-3-12(20)4-8-14/h3-10,22H,2,11H2,1H3. The van der Waals surface area contributed by atoms with Crippen LogP contribution in [0.1, 0.15) is 6.92 Å². The van der Waals surface area contributed by atoms with Gasteiger partial charge >= 0.3 is 5.97 Å². The molecule has 2 aromatic rings. The van der Waals surface area contributed by atoms with Crippen molar-refractivity contribution in [2.24, 2.45) is 0 Å². The maximum atomic E-state index is 13.1. The van der Waals surface area contributed by atoms with Gasteiger partial charge in [-0.1, -0.05) is 0 Å². The minimum atomic E-state index is -0.616. The van der Waals surface area contributed by atoms with Crippen molar-refractivity contribution < 1.29 is 23.1 Å². The summed E-state index contributed by atoms with van der Waals surface area (Å²) in [5, 5.41) is 2.87. The summed E-state index contributed by atoms with van der Waals surface area (Å²) >= 11 is 0. The largest absolute Gasteiger partial charge is 0.463 e. The summed E-state index contributed by atoms with van der Waals surface area (Å²) in [5.41, 5.74) is 1.12. The summed E-state index contributed by atoms with van der Waals surface area (Å²) in [6.45, 7) is 1.82. The number of amides is 1. The first-order valence-electron chi connectivity index (χ1n) is 8.00. The Morgan fingerprint density at radius 2 is 1.65 bits per heavy atom. The number of hydrogen-bond donors (Lipinski definition) is 1. The summed E-state index contributed by atoms with van der Waals surface area (Å²) in [6.07, 6.45) is 0. The van der Waals surface area contributed by atoms with E-state index in [0.29, 0.717) is 11.4 Å². The van der Waals surface area contributed by atoms with E-state index in [9.17, 15) is 18.4 Å². The molecule has 1 N–H and O–H groups in total. The van der Waals surface area contributed by atoms with Gasteiger partial charge in [0.25, 0.3) is 5.91 Å². The van der Waals surface area contributed by atoms with Crippen LogP contribution in [0.2, 0.25) is 0 Å². The Bertz CT molecular complexity index is 861. The average Bonchev–Trinajstić information content (AvgIpc) is 2.95. The normalized spacial score (nSPS) is 14.0. The van der Waals surface area contributed by atoms with Crippen LogP contribution in [-0.4, -0.2) is 25.0 Å². The fraction of sp³-hybridized carbons (Fsp3) is 0.158. The van der Waals surface area contributed by atoms with Crippen molar-refractivity contribution in [2.75, 3.05) is 23.4 Å². The van der Waals surface area contributed by atoms with Gasteiger partial charge in [-0.2, -0.15) is 0 Å². The van der Waals surface area contributed by atoms with Crippen LogP contribution in [-0.2, 0) is 14.3 Å². The number of carbonyl (C=O) groups excluding carboxylic acids is 2. The predicted molar refractivity (Wildman–Crippen MR) is 92.4 cm³/mol. The lowest BCUT2D eigenvalue weighted by Gasteiger charge is -2.17. The molecule has 1 heterocycles. The Morgan fingerprint density at radius 3 is 2.23 bits per heavy atom. The van der Waals surface area contributed by atoms with Crippen LogP contribution in [0.25, 0.3) is 0 Å². The van der Waals surface area contributed by atoms with E-state index >= 15 is 0 Å². The smallest absolute Gasteiger partial charge is 0.338 e. The van der Waals surface area contributed by atoms with Crippen LogP contribution in [0, 0.1) is 11.6 Å². The molecule has 1 aliphatic heterocycles. The molecule has 5 nitrogen and oxygen atoms in total. The molecule has 1 amide bonds. The zero-order chi connectivity index (χ0) is 18.7. The molecule has 0 unspecified atom stereocenters. The second-order valence-electron chi connectivity index (χ2n) is 5.57. The molecular weight excluding hydrogens is 342 g/mol. The predicted octanol–water partition coefficient (Wildman–Crippen LogP) is 3.24. The molecule has 0 aliphatic carbocycles. The summed E-state index contributed by atoms with van der Waals surface area (Å²) in [7, 11) is 0. The van der Waals surface area contributed by atoms with Gasteiger partial charge in [-0.15, -0.1) is 0 Å². The first kappa shape index (κ1) is 17.6. The summed E-state index contributed by atoms with van der Waals surface area (Å²) in [6, 6.07) is 10.8. The zero-order valence-corrected chi connectivity index (χ0v) is 14.0. The minimum Gasteiger partial charge on any atom is -0.463 e. The highest BCUT2D eigenvalue weighted by atomic mass is 19.1. The summed E-state index contributed by atoms with van der Waals surface area (Å²) in [5.74, 6) is -1.91. The monoisotopic (exact) mass is 358 g/mol. The van der Waals surface area contributed by atoms with Gasteiger partial charge in [0, 0.05) is 11.4 Å². The van der Waals surface area contributed by atoms with Crippen molar-refractivity contribution in [3.8, 4) is 0 Å². The third-order valence-electron chi connectivity index (χ3n) is 3.85. The molecular formula is C19H16F2N2O3. The van der Waals surface area contributed by atoms with E-state index in [1.54, 1.807) is 6.92 Å². The van der Waals surface area contributed by atoms with Gasteiger partial charge in [-0.05, 0) is 55.5 Å². The van der Waals surface area contributed by atoms with Gasteiger partial charge in [-0.25, -0.2) is 13.6 Å². The molecule has 0 spiro atoms. The molecule has 0 saturated carbocycles. The SMILES string of the molecule is CCOC(=O)C1=C(Nc2ccc(F)cc2)C(=O)N(c2ccc(F)cc2)C1. The van der Waals surface area contributed by atoms with Crippen LogP contribution < -0.4 is 10.2 Å². The molecule has 134 valence electrons. The average molecular weight is 358 g/mol. The van der Waals surface area contributed by atoms with Crippen LogP contribution >= 0.6 is 0 Å². The quantitative estimate of drug-likeness (QED) is 0.834.